The van der Waals surface area contributed by atoms with Gasteiger partial charge in [-0.2, -0.15) is 5.10 Å². The zero-order valence-corrected chi connectivity index (χ0v) is 18.1. The van der Waals surface area contributed by atoms with Crippen LogP contribution >= 0.6 is 0 Å². The predicted molar refractivity (Wildman–Crippen MR) is 116 cm³/mol. The van der Waals surface area contributed by atoms with Gasteiger partial charge in [0.1, 0.15) is 11.4 Å². The van der Waals surface area contributed by atoms with Crippen LogP contribution in [0.4, 0.5) is 5.82 Å². The molecule has 1 saturated carbocycles. The molecule has 2 aliphatic rings. The van der Waals surface area contributed by atoms with Crippen molar-refractivity contribution in [3.05, 3.63) is 53.5 Å². The Labute approximate surface area is 178 Å². The Hall–Kier alpha value is -2.34. The van der Waals surface area contributed by atoms with Crippen LogP contribution in [-0.4, -0.2) is 40.7 Å². The zero-order valence-electron chi connectivity index (χ0n) is 18.1. The Kier molecular flexibility index (Phi) is 5.17. The molecule has 2 aromatic rings. The minimum Gasteiger partial charge on any atom is -0.399 e. The van der Waals surface area contributed by atoms with Crippen LogP contribution in [-0.2, 0) is 26.2 Å². The summed E-state index contributed by atoms with van der Waals surface area (Å²) in [7, 11) is -0.570. The van der Waals surface area contributed by atoms with Crippen molar-refractivity contribution in [1.29, 1.82) is 0 Å². The summed E-state index contributed by atoms with van der Waals surface area (Å²) in [5.74, 6) is 0.381. The van der Waals surface area contributed by atoms with Gasteiger partial charge in [-0.15, -0.1) is 0 Å². The smallest absolute Gasteiger partial charge is 0.399 e. The number of nitrogen functional groups attached to an aromatic ring is 1. The molecule has 4 rings (SSSR count). The number of aromatic nitrogens is 2. The fourth-order valence-corrected chi connectivity index (χ4v) is 4.02. The van der Waals surface area contributed by atoms with E-state index in [4.69, 9.17) is 26.4 Å². The van der Waals surface area contributed by atoms with Gasteiger partial charge in [0.05, 0.1) is 23.9 Å². The Morgan fingerprint density at radius 1 is 1.20 bits per heavy atom. The summed E-state index contributed by atoms with van der Waals surface area (Å²) in [4.78, 5) is 3.67. The van der Waals surface area contributed by atoms with E-state index in [0.717, 1.165) is 18.4 Å². The van der Waals surface area contributed by atoms with Crippen LogP contribution in [0.1, 0.15) is 46.1 Å². The second-order valence-electron chi connectivity index (χ2n) is 9.37. The molecule has 2 fully saturated rings. The van der Waals surface area contributed by atoms with Crippen molar-refractivity contribution >= 4 is 18.4 Å². The van der Waals surface area contributed by atoms with E-state index >= 15 is 0 Å². The quantitative estimate of drug-likeness (QED) is 0.588. The first-order chi connectivity index (χ1) is 14.2. The number of hydrogen-bond donors (Lipinski definition) is 1. The average molecular weight is 408 g/mol. The van der Waals surface area contributed by atoms with Gasteiger partial charge in [-0.05, 0) is 33.3 Å². The normalized spacial score (nSPS) is 26.9. The zero-order chi connectivity index (χ0) is 21.6. The summed E-state index contributed by atoms with van der Waals surface area (Å²) in [6.07, 6.45) is 3.44. The lowest BCUT2D eigenvalue weighted by Gasteiger charge is -2.43. The van der Waals surface area contributed by atoms with Gasteiger partial charge in [0, 0.05) is 24.5 Å². The van der Waals surface area contributed by atoms with Crippen LogP contribution in [0.3, 0.4) is 0 Å². The molecule has 2 N–H and O–H groups in total. The summed E-state index contributed by atoms with van der Waals surface area (Å²) < 4.78 is 20.2. The van der Waals surface area contributed by atoms with Gasteiger partial charge >= 0.3 is 7.12 Å². The number of anilines is 1. The minimum atomic E-state index is -0.570. The SMILES string of the molecule is [C-]#[N+]CC1(n2cc(B3OC(C)(C)C(C)(C)O3)c(N)n2)CC(OCc2ccccc2)C1. The molecule has 7 nitrogen and oxygen atoms in total. The maximum Gasteiger partial charge on any atom is 0.500 e. The second-order valence-corrected chi connectivity index (χ2v) is 9.37. The molecule has 1 saturated heterocycles. The van der Waals surface area contributed by atoms with Gasteiger partial charge < -0.3 is 24.6 Å². The molecule has 30 heavy (non-hydrogen) atoms. The van der Waals surface area contributed by atoms with Crippen molar-refractivity contribution in [3.8, 4) is 0 Å². The minimum absolute atomic E-state index is 0.0951. The number of ether oxygens (including phenoxy) is 1. The van der Waals surface area contributed by atoms with E-state index in [1.54, 1.807) is 0 Å². The summed E-state index contributed by atoms with van der Waals surface area (Å²) in [6.45, 7) is 16.4. The van der Waals surface area contributed by atoms with Gasteiger partial charge in [0.15, 0.2) is 0 Å². The molecular weight excluding hydrogens is 379 g/mol. The Morgan fingerprint density at radius 3 is 2.43 bits per heavy atom. The largest absolute Gasteiger partial charge is 0.500 e. The van der Waals surface area contributed by atoms with Crippen LogP contribution < -0.4 is 11.2 Å². The standard InChI is InChI=1S/C22H29BN4O3/c1-20(2)21(3,4)30-23(29-20)18-13-27(26-19(18)24)22(15-25-5)11-17(12-22)28-14-16-9-7-6-8-10-16/h6-10,13,17H,11-12,14-15H2,1-4H3,(H2,24,26). The van der Waals surface area contributed by atoms with Crippen molar-refractivity contribution < 1.29 is 14.0 Å². The van der Waals surface area contributed by atoms with E-state index in [2.05, 4.69) is 22.1 Å². The molecule has 1 aliphatic carbocycles. The topological polar surface area (TPSA) is 75.9 Å². The van der Waals surface area contributed by atoms with Crippen LogP contribution in [0.5, 0.6) is 0 Å². The van der Waals surface area contributed by atoms with Crippen molar-refractivity contribution in [2.45, 2.75) is 70.0 Å². The van der Waals surface area contributed by atoms with Crippen molar-refractivity contribution in [3.63, 3.8) is 0 Å². The number of nitrogens with two attached hydrogens (primary N) is 1. The molecule has 2 heterocycles. The highest BCUT2D eigenvalue weighted by atomic mass is 16.7. The maximum atomic E-state index is 7.44. The van der Waals surface area contributed by atoms with Gasteiger partial charge in [-0.3, -0.25) is 4.68 Å². The van der Waals surface area contributed by atoms with Gasteiger partial charge in [-0.25, -0.2) is 6.57 Å². The third kappa shape index (κ3) is 3.62. The Morgan fingerprint density at radius 2 is 1.83 bits per heavy atom. The molecule has 1 aliphatic heterocycles. The van der Waals surface area contributed by atoms with E-state index in [0.29, 0.717) is 24.4 Å². The Balaban J connectivity index is 1.47. The summed E-state index contributed by atoms with van der Waals surface area (Å²) >= 11 is 0. The second kappa shape index (κ2) is 7.42. The lowest BCUT2D eigenvalue weighted by atomic mass is 9.74. The molecule has 1 aromatic heterocycles. The molecule has 0 atom stereocenters. The molecule has 0 amide bonds. The third-order valence-electron chi connectivity index (χ3n) is 6.68. The summed E-state index contributed by atoms with van der Waals surface area (Å²) in [6, 6.07) is 10.1. The van der Waals surface area contributed by atoms with Crippen LogP contribution in [0.2, 0.25) is 0 Å². The molecule has 158 valence electrons. The number of benzene rings is 1. The number of hydrogen-bond acceptors (Lipinski definition) is 5. The fraction of sp³-hybridized carbons (Fsp3) is 0.545. The number of nitrogens with zero attached hydrogens (tertiary/aromatic N) is 3. The van der Waals surface area contributed by atoms with Crippen molar-refractivity contribution in [1.82, 2.24) is 9.78 Å². The molecule has 0 unspecified atom stereocenters. The van der Waals surface area contributed by atoms with E-state index in [9.17, 15) is 0 Å². The van der Waals surface area contributed by atoms with Crippen LogP contribution in [0, 0.1) is 6.57 Å². The predicted octanol–water partition coefficient (Wildman–Crippen LogP) is 2.76. The molecule has 8 heteroatoms. The monoisotopic (exact) mass is 408 g/mol. The van der Waals surface area contributed by atoms with Crippen LogP contribution in [0.15, 0.2) is 36.5 Å². The highest BCUT2D eigenvalue weighted by Gasteiger charge is 2.54. The van der Waals surface area contributed by atoms with E-state index in [-0.39, 0.29) is 6.10 Å². The third-order valence-corrected chi connectivity index (χ3v) is 6.68. The lowest BCUT2D eigenvalue weighted by Crippen LogP contribution is -2.52. The maximum absolute atomic E-state index is 7.44. The molecule has 0 bridgehead atoms. The molecule has 0 radical (unpaired) electrons. The highest BCUT2D eigenvalue weighted by Crippen LogP contribution is 2.42. The lowest BCUT2D eigenvalue weighted by molar-refractivity contribution is -0.0789. The van der Waals surface area contributed by atoms with E-state index in [1.807, 2.05) is 56.8 Å². The van der Waals surface area contributed by atoms with Gasteiger partial charge in [-0.1, -0.05) is 30.3 Å². The molecule has 1 aromatic carbocycles. The molecule has 0 spiro atoms. The highest BCUT2D eigenvalue weighted by molar-refractivity contribution is 6.63. The summed E-state index contributed by atoms with van der Waals surface area (Å²) in [5.41, 5.74) is 6.79. The average Bonchev–Trinajstić information content (AvgIpc) is 3.14. The number of rotatable bonds is 6. The molecular formula is C22H29BN4O3. The van der Waals surface area contributed by atoms with Gasteiger partial charge in [0.25, 0.3) is 0 Å². The van der Waals surface area contributed by atoms with E-state index in [1.165, 1.54) is 0 Å². The van der Waals surface area contributed by atoms with Crippen molar-refractivity contribution in [2.75, 3.05) is 12.3 Å². The Bertz CT molecular complexity index is 929. The first-order valence-corrected chi connectivity index (χ1v) is 10.4. The van der Waals surface area contributed by atoms with Crippen LogP contribution in [0.25, 0.3) is 4.85 Å². The van der Waals surface area contributed by atoms with Gasteiger partial charge in [0.2, 0.25) is 6.54 Å². The van der Waals surface area contributed by atoms with Crippen molar-refractivity contribution in [2.24, 2.45) is 0 Å². The van der Waals surface area contributed by atoms with E-state index < -0.39 is 23.9 Å². The fourth-order valence-electron chi connectivity index (χ4n) is 4.02. The first-order valence-electron chi connectivity index (χ1n) is 10.4. The first kappa shape index (κ1) is 20.9. The summed E-state index contributed by atoms with van der Waals surface area (Å²) in [5, 5.41) is 4.55.